The van der Waals surface area contributed by atoms with Crippen LogP contribution in [0.15, 0.2) is 30.8 Å². The van der Waals surface area contributed by atoms with E-state index in [1.165, 1.54) is 5.19 Å². The van der Waals surface area contributed by atoms with Crippen LogP contribution in [0.4, 0.5) is 0 Å². The van der Waals surface area contributed by atoms with Crippen molar-refractivity contribution in [3.8, 4) is 0 Å². The van der Waals surface area contributed by atoms with Crippen molar-refractivity contribution in [3.05, 3.63) is 36.4 Å². The van der Waals surface area contributed by atoms with E-state index in [4.69, 9.17) is 9.47 Å². The summed E-state index contributed by atoms with van der Waals surface area (Å²) < 4.78 is 11.7. The van der Waals surface area contributed by atoms with Gasteiger partial charge in [0, 0.05) is 13.2 Å². The molecule has 1 aromatic rings. The van der Waals surface area contributed by atoms with E-state index in [0.29, 0.717) is 9.52 Å². The highest BCUT2D eigenvalue weighted by molar-refractivity contribution is 6.54. The second kappa shape index (κ2) is 10.8. The summed E-state index contributed by atoms with van der Waals surface area (Å²) in [5.41, 5.74) is 1.15. The van der Waals surface area contributed by atoms with Gasteiger partial charge in [0.15, 0.2) is 9.52 Å². The summed E-state index contributed by atoms with van der Waals surface area (Å²) in [6.07, 6.45) is 6.35. The third kappa shape index (κ3) is 7.03. The molecule has 0 saturated heterocycles. The number of benzene rings is 1. The normalized spacial score (nSPS) is 10.9. The Balaban J connectivity index is 2.53. The molecule has 0 spiro atoms. The van der Waals surface area contributed by atoms with Crippen molar-refractivity contribution in [3.63, 3.8) is 0 Å². The molecule has 2 radical (unpaired) electrons. The zero-order valence-corrected chi connectivity index (χ0v) is 13.7. The quantitative estimate of drug-likeness (QED) is 0.352. The van der Waals surface area contributed by atoms with Gasteiger partial charge in [0.2, 0.25) is 0 Å². The van der Waals surface area contributed by atoms with Gasteiger partial charge < -0.3 is 9.47 Å². The van der Waals surface area contributed by atoms with E-state index in [0.717, 1.165) is 44.5 Å². The SMILES string of the molecule is C=Cc1cccc([Si]C(OCCCC)OCCCC)c1. The first-order chi connectivity index (χ1) is 9.80. The van der Waals surface area contributed by atoms with Crippen molar-refractivity contribution in [2.75, 3.05) is 13.2 Å². The Hall–Kier alpha value is -0.903. The smallest absolute Gasteiger partial charge is 0.157 e. The molecule has 110 valence electrons. The first-order valence-electron chi connectivity index (χ1n) is 7.52. The molecule has 20 heavy (non-hydrogen) atoms. The maximum absolute atomic E-state index is 5.87. The van der Waals surface area contributed by atoms with E-state index >= 15 is 0 Å². The Morgan fingerprint density at radius 2 is 1.80 bits per heavy atom. The van der Waals surface area contributed by atoms with Crippen LogP contribution >= 0.6 is 0 Å². The molecule has 0 aliphatic carbocycles. The fraction of sp³-hybridized carbons (Fsp3) is 0.529. The van der Waals surface area contributed by atoms with Gasteiger partial charge in [-0.2, -0.15) is 0 Å². The van der Waals surface area contributed by atoms with Gasteiger partial charge in [-0.1, -0.05) is 68.8 Å². The van der Waals surface area contributed by atoms with Crippen LogP contribution in [0.1, 0.15) is 45.1 Å². The molecule has 0 saturated carbocycles. The topological polar surface area (TPSA) is 18.5 Å². The van der Waals surface area contributed by atoms with E-state index in [-0.39, 0.29) is 5.91 Å². The van der Waals surface area contributed by atoms with E-state index in [1.807, 2.05) is 6.08 Å². The molecule has 0 aromatic heterocycles. The van der Waals surface area contributed by atoms with Gasteiger partial charge in [0.25, 0.3) is 0 Å². The lowest BCUT2D eigenvalue weighted by Gasteiger charge is -2.18. The summed E-state index contributed by atoms with van der Waals surface area (Å²) >= 11 is 0. The van der Waals surface area contributed by atoms with Gasteiger partial charge in [-0.3, -0.25) is 0 Å². The van der Waals surface area contributed by atoms with Crippen LogP contribution in [0.2, 0.25) is 0 Å². The minimum absolute atomic E-state index is 0.104. The zero-order valence-electron chi connectivity index (χ0n) is 12.7. The maximum Gasteiger partial charge on any atom is 0.157 e. The van der Waals surface area contributed by atoms with E-state index in [2.05, 4.69) is 44.7 Å². The van der Waals surface area contributed by atoms with Crippen LogP contribution in [-0.2, 0) is 9.47 Å². The predicted molar refractivity (Wildman–Crippen MR) is 87.4 cm³/mol. The second-order valence-corrected chi connectivity index (χ2v) is 6.09. The summed E-state index contributed by atoms with van der Waals surface area (Å²) in [6, 6.07) is 8.41. The third-order valence-corrected chi connectivity index (χ3v) is 4.15. The molecule has 0 aliphatic rings. The average Bonchev–Trinajstić information content (AvgIpc) is 2.47. The van der Waals surface area contributed by atoms with Crippen LogP contribution in [0, 0.1) is 0 Å². The molecule has 2 nitrogen and oxygen atoms in total. The molecular weight excluding hydrogens is 264 g/mol. The summed E-state index contributed by atoms with van der Waals surface area (Å²) in [7, 11) is 0.525. The van der Waals surface area contributed by atoms with Crippen molar-refractivity contribution in [1.29, 1.82) is 0 Å². The Bertz CT molecular complexity index is 369. The Morgan fingerprint density at radius 3 is 2.35 bits per heavy atom. The first kappa shape index (κ1) is 17.1. The molecule has 0 unspecified atom stereocenters. The summed E-state index contributed by atoms with van der Waals surface area (Å²) in [6.45, 7) is 9.72. The molecule has 0 bridgehead atoms. The standard InChI is InChI=1S/C17H26O2Si/c1-4-7-12-18-17(19-13-8-5-2)20-16-11-9-10-15(6-3)14-16/h6,9-11,14,17H,3-5,7-8,12-13H2,1-2H3. The van der Waals surface area contributed by atoms with Gasteiger partial charge in [0.1, 0.15) is 5.91 Å². The third-order valence-electron chi connectivity index (χ3n) is 2.94. The van der Waals surface area contributed by atoms with Crippen LogP contribution in [0.3, 0.4) is 0 Å². The maximum atomic E-state index is 5.87. The molecule has 1 rings (SSSR count). The molecule has 0 atom stereocenters. The van der Waals surface area contributed by atoms with Crippen molar-refractivity contribution in [2.24, 2.45) is 0 Å². The van der Waals surface area contributed by atoms with Crippen LogP contribution in [0.25, 0.3) is 6.08 Å². The van der Waals surface area contributed by atoms with Gasteiger partial charge in [-0.25, -0.2) is 0 Å². The number of unbranched alkanes of at least 4 members (excludes halogenated alkanes) is 2. The minimum atomic E-state index is -0.104. The van der Waals surface area contributed by atoms with Crippen molar-refractivity contribution in [2.45, 2.75) is 45.4 Å². The molecular formula is C17H26O2Si. The lowest BCUT2D eigenvalue weighted by Crippen LogP contribution is -2.33. The molecule has 0 N–H and O–H groups in total. The minimum Gasteiger partial charge on any atom is -0.357 e. The Morgan fingerprint density at radius 1 is 1.15 bits per heavy atom. The second-order valence-electron chi connectivity index (χ2n) is 4.75. The monoisotopic (exact) mass is 290 g/mol. The first-order valence-corrected chi connectivity index (χ1v) is 8.60. The lowest BCUT2D eigenvalue weighted by atomic mass is 10.2. The molecule has 0 heterocycles. The number of rotatable bonds is 11. The molecule has 0 amide bonds. The van der Waals surface area contributed by atoms with E-state index < -0.39 is 0 Å². The molecule has 0 fully saturated rings. The highest BCUT2D eigenvalue weighted by Crippen LogP contribution is 2.02. The van der Waals surface area contributed by atoms with Crippen LogP contribution in [0.5, 0.6) is 0 Å². The molecule has 1 aromatic carbocycles. The highest BCUT2D eigenvalue weighted by Gasteiger charge is 2.12. The lowest BCUT2D eigenvalue weighted by molar-refractivity contribution is -0.0910. The highest BCUT2D eigenvalue weighted by atomic mass is 28.2. The molecule has 3 heteroatoms. The van der Waals surface area contributed by atoms with E-state index in [9.17, 15) is 0 Å². The number of hydrogen-bond donors (Lipinski definition) is 0. The number of ether oxygens (including phenoxy) is 2. The average molecular weight is 290 g/mol. The fourth-order valence-electron chi connectivity index (χ4n) is 1.69. The molecule has 0 aliphatic heterocycles. The van der Waals surface area contributed by atoms with Crippen LogP contribution < -0.4 is 5.19 Å². The summed E-state index contributed by atoms with van der Waals surface area (Å²) in [5, 5.41) is 1.26. The zero-order chi connectivity index (χ0) is 14.6. The Labute approximate surface area is 126 Å². The number of hydrogen-bond acceptors (Lipinski definition) is 2. The summed E-state index contributed by atoms with van der Waals surface area (Å²) in [4.78, 5) is 0. The Kier molecular flexibility index (Phi) is 9.29. The van der Waals surface area contributed by atoms with Crippen molar-refractivity contribution >= 4 is 20.8 Å². The van der Waals surface area contributed by atoms with Gasteiger partial charge >= 0.3 is 0 Å². The summed E-state index contributed by atoms with van der Waals surface area (Å²) in [5.74, 6) is -0.104. The van der Waals surface area contributed by atoms with Crippen molar-refractivity contribution < 1.29 is 9.47 Å². The largest absolute Gasteiger partial charge is 0.357 e. The van der Waals surface area contributed by atoms with Gasteiger partial charge in [-0.05, 0) is 18.4 Å². The van der Waals surface area contributed by atoms with E-state index in [1.54, 1.807) is 0 Å². The predicted octanol–water partition coefficient (Wildman–Crippen LogP) is 3.58. The fourth-order valence-corrected chi connectivity index (χ4v) is 2.81. The van der Waals surface area contributed by atoms with Gasteiger partial charge in [-0.15, -0.1) is 0 Å². The van der Waals surface area contributed by atoms with Crippen LogP contribution in [-0.4, -0.2) is 28.6 Å². The van der Waals surface area contributed by atoms with Gasteiger partial charge in [0.05, 0.1) is 0 Å². The van der Waals surface area contributed by atoms with Crippen molar-refractivity contribution in [1.82, 2.24) is 0 Å².